The van der Waals surface area contributed by atoms with Gasteiger partial charge in [0.25, 0.3) is 0 Å². The quantitative estimate of drug-likeness (QED) is 0.647. The lowest BCUT2D eigenvalue weighted by atomic mass is 10.1. The molecule has 140 valence electrons. The van der Waals surface area contributed by atoms with E-state index in [1.54, 1.807) is 48.0 Å². The van der Waals surface area contributed by atoms with Crippen LogP contribution in [-0.4, -0.2) is 20.9 Å². The summed E-state index contributed by atoms with van der Waals surface area (Å²) in [5.41, 5.74) is 2.07. The van der Waals surface area contributed by atoms with Crippen molar-refractivity contribution in [2.75, 3.05) is 0 Å². The fourth-order valence-corrected chi connectivity index (χ4v) is 2.92. The van der Waals surface area contributed by atoms with Gasteiger partial charge in [0, 0.05) is 22.8 Å². The van der Waals surface area contributed by atoms with Gasteiger partial charge in [-0.15, -0.1) is 0 Å². The van der Waals surface area contributed by atoms with E-state index in [0.29, 0.717) is 29.3 Å². The maximum atomic E-state index is 13.8. The van der Waals surface area contributed by atoms with Gasteiger partial charge < -0.3 is 9.84 Å². The highest BCUT2D eigenvalue weighted by Crippen LogP contribution is 2.25. The smallest absolute Gasteiger partial charge is 0.356 e. The monoisotopic (exact) mass is 388 g/mol. The highest BCUT2D eigenvalue weighted by molar-refractivity contribution is 6.30. The number of benzene rings is 2. The van der Waals surface area contributed by atoms with E-state index in [0.717, 1.165) is 11.3 Å². The summed E-state index contributed by atoms with van der Waals surface area (Å²) in [4.78, 5) is 11.0. The minimum absolute atomic E-state index is 0.00891. The Morgan fingerprint density at radius 1 is 1.22 bits per heavy atom. The van der Waals surface area contributed by atoms with Gasteiger partial charge in [-0.25, -0.2) is 9.18 Å². The van der Waals surface area contributed by atoms with Crippen LogP contribution in [0.1, 0.15) is 27.3 Å². The van der Waals surface area contributed by atoms with Gasteiger partial charge in [0.1, 0.15) is 18.2 Å². The molecule has 0 radical (unpaired) electrons. The van der Waals surface area contributed by atoms with E-state index in [1.165, 1.54) is 12.1 Å². The standard InChI is InChI=1S/C20H18ClFN2O3/c1-13-10-18(20(25)26)23-24(13)9-8-14-11-16(21)6-7-19(14)27-12-15-4-2-3-5-17(15)22/h2-7,10-11H,8-9,12H2,1H3,(H,25,26). The van der Waals surface area contributed by atoms with Gasteiger partial charge in [-0.1, -0.05) is 29.8 Å². The molecule has 7 heteroatoms. The second kappa shape index (κ2) is 8.22. The maximum absolute atomic E-state index is 13.8. The number of aromatic nitrogens is 2. The van der Waals surface area contributed by atoms with Crippen LogP contribution in [0.25, 0.3) is 0 Å². The predicted octanol–water partition coefficient (Wildman–Crippen LogP) is 4.50. The van der Waals surface area contributed by atoms with Gasteiger partial charge in [0.05, 0.1) is 0 Å². The van der Waals surface area contributed by atoms with Crippen molar-refractivity contribution in [3.05, 3.63) is 81.9 Å². The molecule has 2 aromatic carbocycles. The molecule has 0 saturated carbocycles. The number of aromatic carboxylic acids is 1. The molecule has 1 heterocycles. The Hall–Kier alpha value is -2.86. The van der Waals surface area contributed by atoms with Gasteiger partial charge in [0.2, 0.25) is 0 Å². The second-order valence-electron chi connectivity index (χ2n) is 6.08. The van der Waals surface area contributed by atoms with Crippen LogP contribution in [0.15, 0.2) is 48.5 Å². The summed E-state index contributed by atoms with van der Waals surface area (Å²) in [6.45, 7) is 2.37. The Labute approximate surface area is 161 Å². The fourth-order valence-electron chi connectivity index (χ4n) is 2.72. The van der Waals surface area contributed by atoms with E-state index in [-0.39, 0.29) is 18.1 Å². The number of hydrogen-bond acceptors (Lipinski definition) is 3. The van der Waals surface area contributed by atoms with E-state index >= 15 is 0 Å². The summed E-state index contributed by atoms with van der Waals surface area (Å²) in [6.07, 6.45) is 0.536. The molecule has 0 atom stereocenters. The lowest BCUT2D eigenvalue weighted by Crippen LogP contribution is -2.08. The molecule has 27 heavy (non-hydrogen) atoms. The zero-order valence-corrected chi connectivity index (χ0v) is 15.4. The van der Waals surface area contributed by atoms with Crippen LogP contribution in [0.2, 0.25) is 5.02 Å². The minimum atomic E-state index is -1.06. The molecule has 0 saturated heterocycles. The predicted molar refractivity (Wildman–Crippen MR) is 99.8 cm³/mol. The van der Waals surface area contributed by atoms with Gasteiger partial charge >= 0.3 is 5.97 Å². The summed E-state index contributed by atoms with van der Waals surface area (Å²) in [5.74, 6) is -0.777. The summed E-state index contributed by atoms with van der Waals surface area (Å²) in [7, 11) is 0. The number of ether oxygens (including phenoxy) is 1. The molecule has 3 aromatic rings. The first-order valence-electron chi connectivity index (χ1n) is 8.36. The topological polar surface area (TPSA) is 64.3 Å². The van der Waals surface area contributed by atoms with Crippen LogP contribution in [0.3, 0.4) is 0 Å². The summed E-state index contributed by atoms with van der Waals surface area (Å²) in [6, 6.07) is 13.2. The lowest BCUT2D eigenvalue weighted by Gasteiger charge is -2.13. The van der Waals surface area contributed by atoms with E-state index in [2.05, 4.69) is 5.10 Å². The van der Waals surface area contributed by atoms with Crippen molar-refractivity contribution in [2.45, 2.75) is 26.5 Å². The number of carboxylic acid groups (broad SMARTS) is 1. The zero-order chi connectivity index (χ0) is 19.4. The van der Waals surface area contributed by atoms with Crippen LogP contribution in [0, 0.1) is 12.7 Å². The van der Waals surface area contributed by atoms with Gasteiger partial charge in [-0.2, -0.15) is 5.10 Å². The molecule has 0 fully saturated rings. The highest BCUT2D eigenvalue weighted by Gasteiger charge is 2.12. The first-order chi connectivity index (χ1) is 12.9. The first kappa shape index (κ1) is 18.9. The van der Waals surface area contributed by atoms with Crippen molar-refractivity contribution in [3.8, 4) is 5.75 Å². The number of aryl methyl sites for hydroxylation is 3. The maximum Gasteiger partial charge on any atom is 0.356 e. The summed E-state index contributed by atoms with van der Waals surface area (Å²) in [5, 5.41) is 13.7. The summed E-state index contributed by atoms with van der Waals surface area (Å²) < 4.78 is 21.2. The minimum Gasteiger partial charge on any atom is -0.489 e. The molecule has 0 aliphatic carbocycles. The molecule has 1 aromatic heterocycles. The van der Waals surface area contributed by atoms with Gasteiger partial charge in [0.15, 0.2) is 5.69 Å². The Kier molecular flexibility index (Phi) is 5.76. The molecule has 0 spiro atoms. The van der Waals surface area contributed by atoms with Crippen molar-refractivity contribution >= 4 is 17.6 Å². The van der Waals surface area contributed by atoms with Crippen LogP contribution in [0.4, 0.5) is 4.39 Å². The lowest BCUT2D eigenvalue weighted by molar-refractivity contribution is 0.0689. The Bertz CT molecular complexity index is 972. The third-order valence-electron chi connectivity index (χ3n) is 4.16. The largest absolute Gasteiger partial charge is 0.489 e. The molecular formula is C20H18ClFN2O3. The van der Waals surface area contributed by atoms with E-state index < -0.39 is 5.97 Å². The molecule has 5 nitrogen and oxygen atoms in total. The summed E-state index contributed by atoms with van der Waals surface area (Å²) >= 11 is 6.10. The average molecular weight is 389 g/mol. The molecule has 0 amide bonds. The third-order valence-corrected chi connectivity index (χ3v) is 4.39. The molecule has 0 bridgehead atoms. The zero-order valence-electron chi connectivity index (χ0n) is 14.7. The molecule has 3 rings (SSSR count). The fraction of sp³-hybridized carbons (Fsp3) is 0.200. The van der Waals surface area contributed by atoms with Crippen LogP contribution < -0.4 is 4.74 Å². The third kappa shape index (κ3) is 4.65. The highest BCUT2D eigenvalue weighted by atomic mass is 35.5. The van der Waals surface area contributed by atoms with Crippen molar-refractivity contribution < 1.29 is 19.0 Å². The average Bonchev–Trinajstić information content (AvgIpc) is 3.01. The number of nitrogens with zero attached hydrogens (tertiary/aromatic N) is 2. The van der Waals surface area contributed by atoms with Gasteiger partial charge in [-0.3, -0.25) is 4.68 Å². The van der Waals surface area contributed by atoms with Crippen molar-refractivity contribution in [1.82, 2.24) is 9.78 Å². The second-order valence-corrected chi connectivity index (χ2v) is 6.52. The van der Waals surface area contributed by atoms with E-state index in [1.807, 2.05) is 0 Å². The van der Waals surface area contributed by atoms with Crippen LogP contribution in [0.5, 0.6) is 5.75 Å². The van der Waals surface area contributed by atoms with E-state index in [9.17, 15) is 9.18 Å². The van der Waals surface area contributed by atoms with Crippen molar-refractivity contribution in [3.63, 3.8) is 0 Å². The number of rotatable bonds is 7. The number of carbonyl (C=O) groups is 1. The van der Waals surface area contributed by atoms with Gasteiger partial charge in [-0.05, 0) is 49.2 Å². The van der Waals surface area contributed by atoms with Crippen LogP contribution >= 0.6 is 11.6 Å². The van der Waals surface area contributed by atoms with Crippen LogP contribution in [-0.2, 0) is 19.6 Å². The Morgan fingerprint density at radius 3 is 2.70 bits per heavy atom. The number of hydrogen-bond donors (Lipinski definition) is 1. The molecule has 1 N–H and O–H groups in total. The molecular weight excluding hydrogens is 371 g/mol. The van der Waals surface area contributed by atoms with Crippen molar-refractivity contribution in [2.24, 2.45) is 0 Å². The molecule has 0 unspecified atom stereocenters. The number of carboxylic acids is 1. The number of halogens is 2. The van der Waals surface area contributed by atoms with E-state index in [4.69, 9.17) is 21.4 Å². The van der Waals surface area contributed by atoms with Crippen molar-refractivity contribution in [1.29, 1.82) is 0 Å². The first-order valence-corrected chi connectivity index (χ1v) is 8.74. The molecule has 0 aliphatic heterocycles. The molecule has 0 aliphatic rings. The Balaban J connectivity index is 1.74. The normalized spacial score (nSPS) is 10.8. The SMILES string of the molecule is Cc1cc(C(=O)O)nn1CCc1cc(Cl)ccc1OCc1ccccc1F. The Morgan fingerprint density at radius 2 is 2.00 bits per heavy atom.